The average molecular weight is 438 g/mol. The fourth-order valence-corrected chi connectivity index (χ4v) is 5.16. The second kappa shape index (κ2) is 7.62. The predicted octanol–water partition coefficient (Wildman–Crippen LogP) is 5.58. The van der Waals surface area contributed by atoms with Crippen molar-refractivity contribution in [1.82, 2.24) is 4.31 Å². The average Bonchev–Trinajstić information content (AvgIpc) is 2.63. The molecule has 0 radical (unpaired) electrons. The molecule has 0 unspecified atom stereocenters. The van der Waals surface area contributed by atoms with E-state index in [-0.39, 0.29) is 39.5 Å². The standard InChI is InChI=1S/C18H16Cl2F3NO2S/c19-16-6-5-13(11-17(16)20)27(25,26)24-9-7-12(8-10-24)14-3-1-2-4-15(14)18(21,22)23/h1-6,11-12H,7-10H2. The largest absolute Gasteiger partial charge is 0.416 e. The summed E-state index contributed by atoms with van der Waals surface area (Å²) in [7, 11) is -3.78. The molecule has 0 spiro atoms. The van der Waals surface area contributed by atoms with Gasteiger partial charge in [-0.05, 0) is 48.6 Å². The van der Waals surface area contributed by atoms with Gasteiger partial charge in [0.1, 0.15) is 0 Å². The van der Waals surface area contributed by atoms with Crippen LogP contribution < -0.4 is 0 Å². The third kappa shape index (κ3) is 4.26. The Balaban J connectivity index is 1.79. The summed E-state index contributed by atoms with van der Waals surface area (Å²) in [6.07, 6.45) is -3.80. The summed E-state index contributed by atoms with van der Waals surface area (Å²) in [5.41, 5.74) is -0.438. The Hall–Kier alpha value is -1.28. The van der Waals surface area contributed by atoms with Gasteiger partial charge in [-0.2, -0.15) is 17.5 Å². The monoisotopic (exact) mass is 437 g/mol. The van der Waals surface area contributed by atoms with Crippen LogP contribution in [-0.2, 0) is 16.2 Å². The van der Waals surface area contributed by atoms with E-state index in [1.165, 1.54) is 34.6 Å². The SMILES string of the molecule is O=S(=O)(c1ccc(Cl)c(Cl)c1)N1CCC(c2ccccc2C(F)(F)F)CC1. The summed E-state index contributed by atoms with van der Waals surface area (Å²) in [4.78, 5) is 0.0195. The number of rotatable bonds is 3. The molecule has 1 saturated heterocycles. The first-order chi connectivity index (χ1) is 12.6. The van der Waals surface area contributed by atoms with E-state index in [2.05, 4.69) is 0 Å². The van der Waals surface area contributed by atoms with Crippen LogP contribution in [0.1, 0.15) is 29.9 Å². The fraction of sp³-hybridized carbons (Fsp3) is 0.333. The molecule has 1 fully saturated rings. The van der Waals surface area contributed by atoms with E-state index in [1.54, 1.807) is 6.07 Å². The Kier molecular flexibility index (Phi) is 5.77. The second-order valence-electron chi connectivity index (χ2n) is 6.34. The van der Waals surface area contributed by atoms with Gasteiger partial charge in [-0.15, -0.1) is 0 Å². The molecule has 1 aliphatic rings. The molecule has 1 heterocycles. The highest BCUT2D eigenvalue weighted by atomic mass is 35.5. The first-order valence-electron chi connectivity index (χ1n) is 8.22. The van der Waals surface area contributed by atoms with Gasteiger partial charge in [-0.1, -0.05) is 41.4 Å². The van der Waals surface area contributed by atoms with Crippen molar-refractivity contribution in [1.29, 1.82) is 0 Å². The van der Waals surface area contributed by atoms with E-state index in [4.69, 9.17) is 23.2 Å². The summed E-state index contributed by atoms with van der Waals surface area (Å²) < 4.78 is 66.5. The third-order valence-corrected chi connectivity index (χ3v) is 7.32. The molecule has 3 rings (SSSR count). The van der Waals surface area contributed by atoms with Crippen molar-refractivity contribution in [3.8, 4) is 0 Å². The van der Waals surface area contributed by atoms with Gasteiger partial charge in [0.05, 0.1) is 20.5 Å². The van der Waals surface area contributed by atoms with Crippen LogP contribution in [0.3, 0.4) is 0 Å². The zero-order valence-corrected chi connectivity index (χ0v) is 16.3. The van der Waals surface area contributed by atoms with Crippen LogP contribution in [0.4, 0.5) is 13.2 Å². The normalized spacial score (nSPS) is 17.2. The van der Waals surface area contributed by atoms with E-state index in [1.807, 2.05) is 0 Å². The van der Waals surface area contributed by atoms with Crippen LogP contribution in [0.15, 0.2) is 47.4 Å². The summed E-state index contributed by atoms with van der Waals surface area (Å²) in [5, 5.41) is 0.379. The Labute approximate surface area is 165 Å². The van der Waals surface area contributed by atoms with Crippen LogP contribution in [0.2, 0.25) is 10.0 Å². The molecule has 2 aromatic carbocycles. The first-order valence-corrected chi connectivity index (χ1v) is 10.4. The highest BCUT2D eigenvalue weighted by Gasteiger charge is 2.37. The van der Waals surface area contributed by atoms with E-state index >= 15 is 0 Å². The van der Waals surface area contributed by atoms with Gasteiger partial charge in [-0.25, -0.2) is 8.42 Å². The number of alkyl halides is 3. The maximum Gasteiger partial charge on any atom is 0.416 e. The van der Waals surface area contributed by atoms with Gasteiger partial charge in [0.25, 0.3) is 0 Å². The van der Waals surface area contributed by atoms with E-state index in [0.717, 1.165) is 6.07 Å². The molecule has 0 amide bonds. The van der Waals surface area contributed by atoms with Gasteiger partial charge in [0.15, 0.2) is 0 Å². The zero-order chi connectivity index (χ0) is 19.8. The number of hydrogen-bond donors (Lipinski definition) is 0. The lowest BCUT2D eigenvalue weighted by atomic mass is 9.87. The van der Waals surface area contributed by atoms with Crippen molar-refractivity contribution in [3.63, 3.8) is 0 Å². The molecule has 0 bridgehead atoms. The molecule has 0 aromatic heterocycles. The van der Waals surface area contributed by atoms with Crippen molar-refractivity contribution in [2.45, 2.75) is 29.8 Å². The van der Waals surface area contributed by atoms with Crippen LogP contribution in [0.25, 0.3) is 0 Å². The smallest absolute Gasteiger partial charge is 0.207 e. The number of benzene rings is 2. The lowest BCUT2D eigenvalue weighted by molar-refractivity contribution is -0.138. The summed E-state index contributed by atoms with van der Waals surface area (Å²) in [5.74, 6) is -0.344. The molecule has 0 saturated carbocycles. The van der Waals surface area contributed by atoms with Gasteiger partial charge in [0.2, 0.25) is 10.0 Å². The molecule has 0 N–H and O–H groups in total. The molecule has 9 heteroatoms. The summed E-state index contributed by atoms with van der Waals surface area (Å²) in [6.45, 7) is 0.277. The number of sulfonamides is 1. The van der Waals surface area contributed by atoms with Crippen molar-refractivity contribution in [2.24, 2.45) is 0 Å². The first kappa shape index (κ1) is 20.5. The van der Waals surface area contributed by atoms with Crippen molar-refractivity contribution in [3.05, 3.63) is 63.6 Å². The zero-order valence-electron chi connectivity index (χ0n) is 14.0. The molecule has 0 aliphatic carbocycles. The van der Waals surface area contributed by atoms with Gasteiger partial charge in [-0.3, -0.25) is 0 Å². The van der Waals surface area contributed by atoms with Crippen LogP contribution >= 0.6 is 23.2 Å². The molecule has 146 valence electrons. The second-order valence-corrected chi connectivity index (χ2v) is 9.09. The summed E-state index contributed by atoms with van der Waals surface area (Å²) >= 11 is 11.7. The van der Waals surface area contributed by atoms with E-state index in [9.17, 15) is 21.6 Å². The minimum absolute atomic E-state index is 0.0195. The Bertz CT molecular complexity index is 940. The number of nitrogens with zero attached hydrogens (tertiary/aromatic N) is 1. The molecule has 2 aromatic rings. The molecule has 3 nitrogen and oxygen atoms in total. The highest BCUT2D eigenvalue weighted by Crippen LogP contribution is 2.39. The van der Waals surface area contributed by atoms with Gasteiger partial charge in [0, 0.05) is 13.1 Å². The lowest BCUT2D eigenvalue weighted by Gasteiger charge is -2.32. The Morgan fingerprint density at radius 1 is 0.963 bits per heavy atom. The number of halogens is 5. The van der Waals surface area contributed by atoms with Crippen LogP contribution in [0, 0.1) is 0 Å². The lowest BCUT2D eigenvalue weighted by Crippen LogP contribution is -2.38. The van der Waals surface area contributed by atoms with E-state index in [0.29, 0.717) is 12.8 Å². The third-order valence-electron chi connectivity index (χ3n) is 4.69. The molecular formula is C18H16Cl2F3NO2S. The van der Waals surface area contributed by atoms with E-state index < -0.39 is 21.8 Å². The number of hydrogen-bond acceptors (Lipinski definition) is 2. The predicted molar refractivity (Wildman–Crippen MR) is 98.6 cm³/mol. The highest BCUT2D eigenvalue weighted by molar-refractivity contribution is 7.89. The molecular weight excluding hydrogens is 422 g/mol. The topological polar surface area (TPSA) is 37.4 Å². The minimum Gasteiger partial charge on any atom is -0.207 e. The van der Waals surface area contributed by atoms with Gasteiger partial charge >= 0.3 is 6.18 Å². The van der Waals surface area contributed by atoms with Gasteiger partial charge < -0.3 is 0 Å². The minimum atomic E-state index is -4.43. The number of piperidine rings is 1. The Morgan fingerprint density at radius 2 is 1.59 bits per heavy atom. The van der Waals surface area contributed by atoms with Crippen molar-refractivity contribution >= 4 is 33.2 Å². The van der Waals surface area contributed by atoms with Crippen molar-refractivity contribution < 1.29 is 21.6 Å². The van der Waals surface area contributed by atoms with Crippen LogP contribution in [-0.4, -0.2) is 25.8 Å². The maximum atomic E-state index is 13.2. The molecule has 0 atom stereocenters. The van der Waals surface area contributed by atoms with Crippen LogP contribution in [0.5, 0.6) is 0 Å². The molecule has 1 aliphatic heterocycles. The molecule has 27 heavy (non-hydrogen) atoms. The summed E-state index contributed by atoms with van der Waals surface area (Å²) in [6, 6.07) is 9.52. The van der Waals surface area contributed by atoms with Crippen molar-refractivity contribution in [2.75, 3.05) is 13.1 Å². The Morgan fingerprint density at radius 3 is 2.19 bits per heavy atom. The quantitative estimate of drug-likeness (QED) is 0.628. The fourth-order valence-electron chi connectivity index (χ4n) is 3.30. The maximum absolute atomic E-state index is 13.2.